The van der Waals surface area contributed by atoms with E-state index in [9.17, 15) is 10.0 Å². The van der Waals surface area contributed by atoms with E-state index in [0.717, 1.165) is 10.0 Å². The zero-order valence-corrected chi connectivity index (χ0v) is 13.6. The lowest BCUT2D eigenvalue weighted by Crippen LogP contribution is -2.28. The molecule has 0 unspecified atom stereocenters. The van der Waals surface area contributed by atoms with Crippen LogP contribution in [0.25, 0.3) is 10.9 Å². The fourth-order valence-corrected chi connectivity index (χ4v) is 2.68. The van der Waals surface area contributed by atoms with E-state index in [1.54, 1.807) is 24.3 Å². The summed E-state index contributed by atoms with van der Waals surface area (Å²) in [5.74, 6) is 0. The molecule has 1 amide bonds. The molecular weight excluding hydrogens is 360 g/mol. The summed E-state index contributed by atoms with van der Waals surface area (Å²) in [6.45, 7) is 0.165. The van der Waals surface area contributed by atoms with Crippen LogP contribution in [-0.4, -0.2) is 6.09 Å². The summed E-state index contributed by atoms with van der Waals surface area (Å²) in [5.41, 5.74) is 1.66. The highest BCUT2D eigenvalue weighted by Gasteiger charge is 2.15. The zero-order chi connectivity index (χ0) is 16.2. The van der Waals surface area contributed by atoms with Gasteiger partial charge in [0.25, 0.3) is 0 Å². The quantitative estimate of drug-likeness (QED) is 0.558. The molecule has 1 aromatic heterocycles. The number of nitrogens with zero attached hydrogens (tertiary/aromatic N) is 1. The second kappa shape index (κ2) is 6.66. The fraction of sp³-hybridized carbons (Fsp3) is 0.0588. The summed E-state index contributed by atoms with van der Waals surface area (Å²) >= 11 is 3.40. The summed E-state index contributed by atoms with van der Waals surface area (Å²) in [6, 6.07) is 16.3. The number of benzene rings is 2. The lowest BCUT2D eigenvalue weighted by atomic mass is 10.2. The molecule has 116 valence electrons. The van der Waals surface area contributed by atoms with Gasteiger partial charge in [-0.05, 0) is 33.6 Å². The molecule has 0 spiro atoms. The Morgan fingerprint density at radius 1 is 1.13 bits per heavy atom. The second-order valence-electron chi connectivity index (χ2n) is 4.88. The molecule has 0 aliphatic heterocycles. The lowest BCUT2D eigenvalue weighted by molar-refractivity contribution is -0.576. The van der Waals surface area contributed by atoms with Crippen LogP contribution in [0.5, 0.6) is 0 Å². The zero-order valence-electron chi connectivity index (χ0n) is 12.0. The summed E-state index contributed by atoms with van der Waals surface area (Å²) in [5, 5.41) is 15.3. The molecule has 2 aromatic carbocycles. The molecule has 6 heteroatoms. The molecule has 3 aromatic rings. The smallest absolute Gasteiger partial charge is 0.412 e. The van der Waals surface area contributed by atoms with Crippen LogP contribution in [0.3, 0.4) is 0 Å². The van der Waals surface area contributed by atoms with Gasteiger partial charge in [-0.3, -0.25) is 5.32 Å². The van der Waals surface area contributed by atoms with Crippen LogP contribution in [0, 0.1) is 5.21 Å². The highest BCUT2D eigenvalue weighted by molar-refractivity contribution is 9.10. The Morgan fingerprint density at radius 2 is 1.91 bits per heavy atom. The molecular formula is C17H13BrN2O3. The number of ether oxygens (including phenoxy) is 1. The van der Waals surface area contributed by atoms with Crippen molar-refractivity contribution in [2.24, 2.45) is 0 Å². The van der Waals surface area contributed by atoms with E-state index in [4.69, 9.17) is 4.74 Å². The Hall–Kier alpha value is -2.60. The van der Waals surface area contributed by atoms with Gasteiger partial charge in [0, 0.05) is 10.5 Å². The molecule has 3 rings (SSSR count). The van der Waals surface area contributed by atoms with Crippen LogP contribution in [0.1, 0.15) is 5.56 Å². The number of amides is 1. The molecule has 0 aliphatic rings. The van der Waals surface area contributed by atoms with E-state index in [1.807, 2.05) is 30.3 Å². The number of carbonyl (C=O) groups is 1. The first-order valence-electron chi connectivity index (χ1n) is 6.93. The van der Waals surface area contributed by atoms with E-state index in [1.165, 1.54) is 6.20 Å². The molecule has 0 saturated heterocycles. The first-order chi connectivity index (χ1) is 11.1. The van der Waals surface area contributed by atoms with Gasteiger partial charge in [0.15, 0.2) is 6.20 Å². The maximum absolute atomic E-state index is 12.0. The first kappa shape index (κ1) is 15.3. The predicted octanol–water partition coefficient (Wildman–Crippen LogP) is 3.98. The predicted molar refractivity (Wildman–Crippen MR) is 90.9 cm³/mol. The molecule has 0 fully saturated rings. The number of anilines is 1. The van der Waals surface area contributed by atoms with E-state index >= 15 is 0 Å². The lowest BCUT2D eigenvalue weighted by Gasteiger charge is -2.10. The van der Waals surface area contributed by atoms with Gasteiger partial charge in [-0.1, -0.05) is 36.4 Å². The number of para-hydroxylation sites is 1. The minimum atomic E-state index is -0.610. The number of carbonyl (C=O) groups excluding carboxylic acids is 1. The standard InChI is InChI=1S/C17H13BrN2O3/c18-14-9-10-20(22)16-13(14)7-4-8-15(16)19-17(21)23-11-12-5-2-1-3-6-12/h1-10H,11H2,(H,19,21). The van der Waals surface area contributed by atoms with Gasteiger partial charge in [-0.15, -0.1) is 0 Å². The SMILES string of the molecule is O=C(Nc1cccc2c(Br)cc[n+]([O-])c12)OCc1ccccc1. The van der Waals surface area contributed by atoms with E-state index in [-0.39, 0.29) is 6.61 Å². The highest BCUT2D eigenvalue weighted by Crippen LogP contribution is 2.26. The molecule has 0 saturated carbocycles. The van der Waals surface area contributed by atoms with Crippen molar-refractivity contribution in [3.8, 4) is 0 Å². The maximum atomic E-state index is 12.0. The summed E-state index contributed by atoms with van der Waals surface area (Å²) < 4.78 is 6.67. The van der Waals surface area contributed by atoms with Gasteiger partial charge in [-0.25, -0.2) is 4.79 Å². The van der Waals surface area contributed by atoms with Crippen LogP contribution >= 0.6 is 15.9 Å². The van der Waals surface area contributed by atoms with Gasteiger partial charge in [0.2, 0.25) is 5.52 Å². The Bertz CT molecular complexity index is 853. The summed E-state index contributed by atoms with van der Waals surface area (Å²) in [6.07, 6.45) is 0.772. The van der Waals surface area contributed by atoms with Crippen molar-refractivity contribution >= 4 is 38.6 Å². The molecule has 1 N–H and O–H groups in total. The molecule has 0 radical (unpaired) electrons. The van der Waals surface area contributed by atoms with Gasteiger partial charge in [0.05, 0.1) is 5.39 Å². The van der Waals surface area contributed by atoms with Crippen molar-refractivity contribution in [3.05, 3.63) is 76.0 Å². The molecule has 1 heterocycles. The monoisotopic (exact) mass is 372 g/mol. The molecule has 23 heavy (non-hydrogen) atoms. The largest absolute Gasteiger partial charge is 0.618 e. The van der Waals surface area contributed by atoms with Crippen molar-refractivity contribution < 1.29 is 14.3 Å². The van der Waals surface area contributed by atoms with Crippen LogP contribution in [-0.2, 0) is 11.3 Å². The van der Waals surface area contributed by atoms with E-state index in [2.05, 4.69) is 21.2 Å². The summed E-state index contributed by atoms with van der Waals surface area (Å²) in [4.78, 5) is 12.0. The average Bonchev–Trinajstić information content (AvgIpc) is 2.57. The average molecular weight is 373 g/mol. The Balaban J connectivity index is 1.79. The number of rotatable bonds is 3. The molecule has 5 nitrogen and oxygen atoms in total. The van der Waals surface area contributed by atoms with Gasteiger partial charge >= 0.3 is 6.09 Å². The van der Waals surface area contributed by atoms with E-state index in [0.29, 0.717) is 21.3 Å². The molecule has 0 atom stereocenters. The van der Waals surface area contributed by atoms with Gasteiger partial charge in [0.1, 0.15) is 12.3 Å². The minimum Gasteiger partial charge on any atom is -0.618 e. The number of pyridine rings is 1. The van der Waals surface area contributed by atoms with Gasteiger partial charge < -0.3 is 9.94 Å². The summed E-state index contributed by atoms with van der Waals surface area (Å²) in [7, 11) is 0. The number of fused-ring (bicyclic) bond motifs is 1. The third-order valence-electron chi connectivity index (χ3n) is 3.32. The number of hydrogen-bond acceptors (Lipinski definition) is 3. The number of aromatic nitrogens is 1. The van der Waals surface area contributed by atoms with Crippen molar-refractivity contribution in [3.63, 3.8) is 0 Å². The van der Waals surface area contributed by atoms with Crippen molar-refractivity contribution in [2.75, 3.05) is 5.32 Å². The van der Waals surface area contributed by atoms with Crippen LogP contribution in [0.2, 0.25) is 0 Å². The van der Waals surface area contributed by atoms with Crippen LogP contribution in [0.15, 0.2) is 65.3 Å². The van der Waals surface area contributed by atoms with E-state index < -0.39 is 6.09 Å². The van der Waals surface area contributed by atoms with Crippen molar-refractivity contribution in [1.82, 2.24) is 0 Å². The third-order valence-corrected chi connectivity index (χ3v) is 4.01. The highest BCUT2D eigenvalue weighted by atomic mass is 79.9. The Morgan fingerprint density at radius 3 is 2.70 bits per heavy atom. The minimum absolute atomic E-state index is 0.165. The normalized spacial score (nSPS) is 10.5. The van der Waals surface area contributed by atoms with Gasteiger partial charge in [-0.2, -0.15) is 4.73 Å². The van der Waals surface area contributed by atoms with Crippen LogP contribution < -0.4 is 10.0 Å². The molecule has 0 bridgehead atoms. The second-order valence-corrected chi connectivity index (χ2v) is 5.73. The molecule has 0 aliphatic carbocycles. The Kier molecular flexibility index (Phi) is 4.43. The third kappa shape index (κ3) is 3.43. The number of halogens is 1. The van der Waals surface area contributed by atoms with Crippen LogP contribution in [0.4, 0.5) is 10.5 Å². The maximum Gasteiger partial charge on any atom is 0.412 e. The Labute approximate surface area is 141 Å². The first-order valence-corrected chi connectivity index (χ1v) is 7.72. The number of hydrogen-bond donors (Lipinski definition) is 1. The topological polar surface area (TPSA) is 65.3 Å². The van der Waals surface area contributed by atoms with Crippen molar-refractivity contribution in [2.45, 2.75) is 6.61 Å². The fourth-order valence-electron chi connectivity index (χ4n) is 2.24. The number of nitrogens with one attached hydrogen (secondary N) is 1. The van der Waals surface area contributed by atoms with Crippen molar-refractivity contribution in [1.29, 1.82) is 0 Å².